The average molecular weight is 462 g/mol. The Labute approximate surface area is 197 Å². The quantitative estimate of drug-likeness (QED) is 0.461. The minimum absolute atomic E-state index is 0.0353. The lowest BCUT2D eigenvalue weighted by molar-refractivity contribution is -0.124. The topological polar surface area (TPSA) is 108 Å². The Hall–Kier alpha value is -2.61. The van der Waals surface area contributed by atoms with E-state index in [0.717, 1.165) is 19.3 Å². The van der Waals surface area contributed by atoms with Crippen LogP contribution in [0.5, 0.6) is 0 Å². The van der Waals surface area contributed by atoms with Gasteiger partial charge in [-0.1, -0.05) is 33.3 Å². The normalized spacial score (nSPS) is 19.2. The van der Waals surface area contributed by atoms with Gasteiger partial charge in [0.1, 0.15) is 0 Å². The van der Waals surface area contributed by atoms with Gasteiger partial charge in [-0.15, -0.1) is 0 Å². The van der Waals surface area contributed by atoms with E-state index in [9.17, 15) is 19.5 Å². The number of aliphatic hydroxyl groups excluding tert-OH is 1. The molecule has 8 nitrogen and oxygen atoms in total. The number of carbonyl (C=O) groups excluding carboxylic acids is 3. The fourth-order valence-corrected chi connectivity index (χ4v) is 4.41. The molecule has 33 heavy (non-hydrogen) atoms. The van der Waals surface area contributed by atoms with Crippen LogP contribution >= 0.6 is 0 Å². The predicted octanol–water partition coefficient (Wildman–Crippen LogP) is 3.66. The summed E-state index contributed by atoms with van der Waals surface area (Å²) < 4.78 is 5.02. The molecule has 1 saturated heterocycles. The zero-order chi connectivity index (χ0) is 24.4. The number of nitrogens with one attached hydrogen (secondary N) is 2. The first-order valence-corrected chi connectivity index (χ1v) is 12.0. The summed E-state index contributed by atoms with van der Waals surface area (Å²) in [5, 5.41) is 15.4. The molecule has 3 amide bonds. The number of benzene rings is 1. The second-order valence-electron chi connectivity index (χ2n) is 9.18. The van der Waals surface area contributed by atoms with E-state index in [1.165, 1.54) is 0 Å². The van der Waals surface area contributed by atoms with Gasteiger partial charge in [0.25, 0.3) is 0 Å². The standard InChI is InChI=1S/C25H39N3O5/c1-5-18-15-28(11-10-19(18)14-23(30)26-22(16-29)12-17(3)4)25(32)27-21-9-7-8-20(13-21)24(31)33-6-2/h7-9,13,17-19,22,29H,5-6,10-12,14-16H2,1-4H3,(H,26,30)(H,27,32). The molecule has 1 fully saturated rings. The predicted molar refractivity (Wildman–Crippen MR) is 128 cm³/mol. The summed E-state index contributed by atoms with van der Waals surface area (Å²) in [5.74, 6) is 0.358. The van der Waals surface area contributed by atoms with Crippen LogP contribution in [0, 0.1) is 17.8 Å². The molecule has 0 bridgehead atoms. The Balaban J connectivity index is 1.92. The molecule has 0 spiro atoms. The molecular weight excluding hydrogens is 422 g/mol. The van der Waals surface area contributed by atoms with E-state index in [1.807, 2.05) is 0 Å². The number of likely N-dealkylation sites (tertiary alicyclic amines) is 1. The lowest BCUT2D eigenvalue weighted by atomic mass is 9.81. The number of amides is 3. The van der Waals surface area contributed by atoms with E-state index < -0.39 is 5.97 Å². The van der Waals surface area contributed by atoms with Gasteiger partial charge < -0.3 is 25.4 Å². The molecule has 0 radical (unpaired) electrons. The van der Waals surface area contributed by atoms with E-state index >= 15 is 0 Å². The van der Waals surface area contributed by atoms with Crippen LogP contribution in [0.2, 0.25) is 0 Å². The van der Waals surface area contributed by atoms with Crippen LogP contribution < -0.4 is 10.6 Å². The van der Waals surface area contributed by atoms with Crippen molar-refractivity contribution in [3.05, 3.63) is 29.8 Å². The molecule has 1 aliphatic heterocycles. The minimum Gasteiger partial charge on any atom is -0.462 e. The summed E-state index contributed by atoms with van der Waals surface area (Å²) in [5.41, 5.74) is 0.935. The molecule has 1 aromatic carbocycles. The number of esters is 1. The molecule has 8 heteroatoms. The maximum absolute atomic E-state index is 12.8. The molecule has 0 saturated carbocycles. The molecule has 184 valence electrons. The third kappa shape index (κ3) is 8.35. The fraction of sp³-hybridized carbons (Fsp3) is 0.640. The van der Waals surface area contributed by atoms with Crippen LogP contribution in [0.15, 0.2) is 24.3 Å². The molecule has 0 aromatic heterocycles. The van der Waals surface area contributed by atoms with Crippen molar-refractivity contribution in [2.24, 2.45) is 17.8 Å². The number of aliphatic hydroxyl groups is 1. The number of hydrogen-bond donors (Lipinski definition) is 3. The molecule has 1 aliphatic rings. The van der Waals surface area contributed by atoms with Gasteiger partial charge in [-0.2, -0.15) is 0 Å². The fourth-order valence-electron chi connectivity index (χ4n) is 4.41. The minimum atomic E-state index is -0.421. The summed E-state index contributed by atoms with van der Waals surface area (Å²) >= 11 is 0. The van der Waals surface area contributed by atoms with Crippen molar-refractivity contribution in [1.82, 2.24) is 10.2 Å². The Bertz CT molecular complexity index is 798. The van der Waals surface area contributed by atoms with Gasteiger partial charge >= 0.3 is 12.0 Å². The van der Waals surface area contributed by atoms with E-state index in [4.69, 9.17) is 4.74 Å². The highest BCUT2D eigenvalue weighted by Gasteiger charge is 2.32. The van der Waals surface area contributed by atoms with E-state index in [-0.39, 0.29) is 36.4 Å². The van der Waals surface area contributed by atoms with Gasteiger partial charge in [0.2, 0.25) is 5.91 Å². The highest BCUT2D eigenvalue weighted by atomic mass is 16.5. The second kappa shape index (κ2) is 13.2. The molecule has 3 N–H and O–H groups in total. The third-order valence-electron chi connectivity index (χ3n) is 6.12. The third-order valence-corrected chi connectivity index (χ3v) is 6.12. The number of rotatable bonds is 10. The Morgan fingerprint density at radius 2 is 1.97 bits per heavy atom. The zero-order valence-corrected chi connectivity index (χ0v) is 20.3. The molecule has 1 heterocycles. The zero-order valence-electron chi connectivity index (χ0n) is 20.3. The number of piperidine rings is 1. The van der Waals surface area contributed by atoms with Crippen LogP contribution in [0.1, 0.15) is 63.7 Å². The Morgan fingerprint density at radius 1 is 1.21 bits per heavy atom. The summed E-state index contributed by atoms with van der Waals surface area (Å²) in [6, 6.07) is 6.28. The lowest BCUT2D eigenvalue weighted by Crippen LogP contribution is -2.47. The SMILES string of the molecule is CCOC(=O)c1cccc(NC(=O)N2CCC(CC(=O)NC(CO)CC(C)C)C(CC)C2)c1. The van der Waals surface area contributed by atoms with Crippen molar-refractivity contribution in [3.8, 4) is 0 Å². The highest BCUT2D eigenvalue weighted by Crippen LogP contribution is 2.29. The van der Waals surface area contributed by atoms with Gasteiger partial charge in [0, 0.05) is 25.2 Å². The number of ether oxygens (including phenoxy) is 1. The number of urea groups is 1. The molecule has 0 aliphatic carbocycles. The van der Waals surface area contributed by atoms with Gasteiger partial charge in [-0.3, -0.25) is 4.79 Å². The van der Waals surface area contributed by atoms with Crippen molar-refractivity contribution in [2.45, 2.75) is 59.4 Å². The first kappa shape index (κ1) is 26.6. The van der Waals surface area contributed by atoms with Gasteiger partial charge in [-0.25, -0.2) is 9.59 Å². The summed E-state index contributed by atoms with van der Waals surface area (Å²) in [6.07, 6.45) is 2.77. The summed E-state index contributed by atoms with van der Waals surface area (Å²) in [7, 11) is 0. The Kier molecular flexibility index (Phi) is 10.6. The number of carbonyl (C=O) groups is 3. The molecule has 2 rings (SSSR count). The molecule has 3 unspecified atom stereocenters. The van der Waals surface area contributed by atoms with Crippen molar-refractivity contribution >= 4 is 23.6 Å². The largest absolute Gasteiger partial charge is 0.462 e. The van der Waals surface area contributed by atoms with Gasteiger partial charge in [0.05, 0.1) is 24.8 Å². The van der Waals surface area contributed by atoms with E-state index in [2.05, 4.69) is 31.4 Å². The molecular formula is C25H39N3O5. The van der Waals surface area contributed by atoms with Crippen LogP contribution in [0.3, 0.4) is 0 Å². The molecule has 3 atom stereocenters. The smallest absolute Gasteiger partial charge is 0.338 e. The van der Waals surface area contributed by atoms with Crippen molar-refractivity contribution in [2.75, 3.05) is 31.6 Å². The maximum Gasteiger partial charge on any atom is 0.338 e. The van der Waals surface area contributed by atoms with Crippen molar-refractivity contribution in [3.63, 3.8) is 0 Å². The van der Waals surface area contributed by atoms with Gasteiger partial charge in [-0.05, 0) is 55.7 Å². The van der Waals surface area contributed by atoms with Crippen LogP contribution in [0.25, 0.3) is 0 Å². The first-order valence-electron chi connectivity index (χ1n) is 12.0. The van der Waals surface area contributed by atoms with E-state index in [0.29, 0.717) is 43.3 Å². The number of hydrogen-bond acceptors (Lipinski definition) is 5. The number of anilines is 1. The maximum atomic E-state index is 12.8. The number of nitrogens with zero attached hydrogens (tertiary/aromatic N) is 1. The molecule has 1 aromatic rings. The lowest BCUT2D eigenvalue weighted by Gasteiger charge is -2.38. The first-order chi connectivity index (χ1) is 15.8. The van der Waals surface area contributed by atoms with Crippen LogP contribution in [-0.2, 0) is 9.53 Å². The van der Waals surface area contributed by atoms with Crippen molar-refractivity contribution < 1.29 is 24.2 Å². The van der Waals surface area contributed by atoms with Crippen LogP contribution in [0.4, 0.5) is 10.5 Å². The van der Waals surface area contributed by atoms with Gasteiger partial charge in [0.15, 0.2) is 0 Å². The Morgan fingerprint density at radius 3 is 2.61 bits per heavy atom. The van der Waals surface area contributed by atoms with Crippen molar-refractivity contribution in [1.29, 1.82) is 0 Å². The monoisotopic (exact) mass is 461 g/mol. The second-order valence-corrected chi connectivity index (χ2v) is 9.18. The van der Waals surface area contributed by atoms with E-state index in [1.54, 1.807) is 36.1 Å². The highest BCUT2D eigenvalue weighted by molar-refractivity contribution is 5.94. The summed E-state index contributed by atoms with van der Waals surface area (Å²) in [6.45, 7) is 9.33. The summed E-state index contributed by atoms with van der Waals surface area (Å²) in [4.78, 5) is 39.1. The average Bonchev–Trinajstić information content (AvgIpc) is 2.78. The van der Waals surface area contributed by atoms with Crippen LogP contribution in [-0.4, -0.2) is 60.3 Å².